The van der Waals surface area contributed by atoms with Crippen LogP contribution in [0.15, 0.2) is 41.2 Å². The number of carboxylic acid groups (broad SMARTS) is 1. The van der Waals surface area contributed by atoms with Gasteiger partial charge >= 0.3 is 5.97 Å². The molecule has 0 unspecified atom stereocenters. The summed E-state index contributed by atoms with van der Waals surface area (Å²) in [5, 5.41) is 8.56. The molecule has 0 bridgehead atoms. The molecule has 5 nitrogen and oxygen atoms in total. The minimum Gasteiger partial charge on any atom is -0.478 e. The van der Waals surface area contributed by atoms with Gasteiger partial charge in [0.15, 0.2) is 0 Å². The van der Waals surface area contributed by atoms with E-state index in [1.165, 1.54) is 17.4 Å². The Morgan fingerprint density at radius 3 is 2.85 bits per heavy atom. The molecule has 0 spiro atoms. The minimum absolute atomic E-state index is 0.105. The van der Waals surface area contributed by atoms with Crippen molar-refractivity contribution in [2.75, 3.05) is 7.05 Å². The third kappa shape index (κ3) is 3.58. The fourth-order valence-electron chi connectivity index (χ4n) is 1.63. The Hall–Kier alpha value is -2.34. The van der Waals surface area contributed by atoms with Crippen LogP contribution in [0.25, 0.3) is 6.08 Å². The largest absolute Gasteiger partial charge is 0.478 e. The average Bonchev–Trinajstić information content (AvgIpc) is 3.06. The van der Waals surface area contributed by atoms with Crippen LogP contribution in [0.5, 0.6) is 0 Å². The fourth-order valence-corrected chi connectivity index (χ4v) is 2.53. The van der Waals surface area contributed by atoms with Crippen molar-refractivity contribution in [3.05, 3.63) is 52.1 Å². The van der Waals surface area contributed by atoms with E-state index < -0.39 is 5.97 Å². The Bertz CT molecular complexity index is 627. The van der Waals surface area contributed by atoms with E-state index in [0.29, 0.717) is 11.4 Å². The summed E-state index contributed by atoms with van der Waals surface area (Å²) in [6, 6.07) is 5.22. The van der Waals surface area contributed by atoms with Crippen LogP contribution >= 0.6 is 11.3 Å². The first-order chi connectivity index (χ1) is 9.56. The number of hydrogen-bond donors (Lipinski definition) is 1. The van der Waals surface area contributed by atoms with Crippen molar-refractivity contribution in [1.82, 2.24) is 4.90 Å². The summed E-state index contributed by atoms with van der Waals surface area (Å²) in [5.74, 6) is -1.12. The Morgan fingerprint density at radius 1 is 1.40 bits per heavy atom. The molecule has 0 atom stereocenters. The van der Waals surface area contributed by atoms with Crippen molar-refractivity contribution in [3.63, 3.8) is 0 Å². The van der Waals surface area contributed by atoms with Crippen LogP contribution in [-0.2, 0) is 11.3 Å². The number of nitrogens with zero attached hydrogens (tertiary/aromatic N) is 1. The lowest BCUT2D eigenvalue weighted by molar-refractivity contribution is -0.131. The molecule has 0 aliphatic heterocycles. The van der Waals surface area contributed by atoms with Crippen LogP contribution in [0.3, 0.4) is 0 Å². The molecule has 2 rings (SSSR count). The van der Waals surface area contributed by atoms with Crippen LogP contribution in [0, 0.1) is 0 Å². The van der Waals surface area contributed by atoms with Gasteiger partial charge < -0.3 is 14.4 Å². The van der Waals surface area contributed by atoms with Crippen LogP contribution in [0.2, 0.25) is 0 Å². The van der Waals surface area contributed by atoms with Crippen LogP contribution in [-0.4, -0.2) is 28.9 Å². The molecular weight excluding hydrogens is 278 g/mol. The van der Waals surface area contributed by atoms with E-state index in [2.05, 4.69) is 0 Å². The van der Waals surface area contributed by atoms with Crippen molar-refractivity contribution in [2.24, 2.45) is 0 Å². The van der Waals surface area contributed by atoms with Gasteiger partial charge in [-0.3, -0.25) is 4.79 Å². The maximum absolute atomic E-state index is 12.2. The summed E-state index contributed by atoms with van der Waals surface area (Å²) >= 11 is 1.26. The lowest BCUT2D eigenvalue weighted by Gasteiger charge is -2.14. The molecule has 6 heteroatoms. The maximum atomic E-state index is 12.2. The first-order valence-electron chi connectivity index (χ1n) is 5.83. The topological polar surface area (TPSA) is 70.8 Å². The number of carbonyl (C=O) groups is 2. The van der Waals surface area contributed by atoms with Crippen molar-refractivity contribution >= 4 is 29.3 Å². The Labute approximate surface area is 119 Å². The molecule has 0 saturated carbocycles. The normalized spacial score (nSPS) is 10.8. The number of carbonyl (C=O) groups excluding carboxylic acids is 1. The molecule has 0 aliphatic carbocycles. The third-order valence-corrected chi connectivity index (χ3v) is 3.61. The summed E-state index contributed by atoms with van der Waals surface area (Å²) in [5.41, 5.74) is 0.920. The van der Waals surface area contributed by atoms with E-state index >= 15 is 0 Å². The molecule has 0 aliphatic rings. The highest BCUT2D eigenvalue weighted by Crippen LogP contribution is 2.20. The lowest BCUT2D eigenvalue weighted by atomic mass is 10.3. The van der Waals surface area contributed by atoms with Gasteiger partial charge in [-0.05, 0) is 24.3 Å². The zero-order valence-corrected chi connectivity index (χ0v) is 11.6. The van der Waals surface area contributed by atoms with Crippen molar-refractivity contribution < 1.29 is 19.1 Å². The van der Waals surface area contributed by atoms with Gasteiger partial charge in [0.1, 0.15) is 0 Å². The van der Waals surface area contributed by atoms with E-state index in [1.807, 2.05) is 0 Å². The molecule has 0 radical (unpaired) electrons. The summed E-state index contributed by atoms with van der Waals surface area (Å²) in [4.78, 5) is 25.5. The summed E-state index contributed by atoms with van der Waals surface area (Å²) in [7, 11) is 1.71. The quantitative estimate of drug-likeness (QED) is 0.860. The van der Waals surface area contributed by atoms with Crippen LogP contribution in [0.1, 0.15) is 20.1 Å². The number of aliphatic carboxylic acids is 1. The van der Waals surface area contributed by atoms with Gasteiger partial charge in [-0.1, -0.05) is 0 Å². The Morgan fingerprint density at radius 2 is 2.20 bits per heavy atom. The van der Waals surface area contributed by atoms with Crippen molar-refractivity contribution in [3.8, 4) is 0 Å². The van der Waals surface area contributed by atoms with Gasteiger partial charge in [-0.2, -0.15) is 0 Å². The Kier molecular flexibility index (Phi) is 4.37. The van der Waals surface area contributed by atoms with Gasteiger partial charge in [0.2, 0.25) is 0 Å². The number of thiophene rings is 1. The van der Waals surface area contributed by atoms with Gasteiger partial charge in [-0.25, -0.2) is 4.79 Å². The van der Waals surface area contributed by atoms with E-state index in [4.69, 9.17) is 9.52 Å². The molecule has 2 aromatic rings. The standard InChI is InChI=1S/C14H13NO4S/c1-15(8-10-6-7-19-9-10)14(18)12-4-2-11(20-12)3-5-13(16)17/h2-7,9H,8H2,1H3,(H,16,17). The molecule has 1 N–H and O–H groups in total. The van der Waals surface area contributed by atoms with Gasteiger partial charge in [0, 0.05) is 30.1 Å². The number of carboxylic acids is 1. The van der Waals surface area contributed by atoms with Gasteiger partial charge in [0.25, 0.3) is 5.91 Å². The predicted octanol–water partition coefficient (Wildman–Crippen LogP) is 2.71. The van der Waals surface area contributed by atoms with Crippen LogP contribution < -0.4 is 0 Å². The minimum atomic E-state index is -1.01. The molecule has 2 heterocycles. The van der Waals surface area contributed by atoms with Crippen molar-refractivity contribution in [1.29, 1.82) is 0 Å². The number of amides is 1. The third-order valence-electron chi connectivity index (χ3n) is 2.57. The smallest absolute Gasteiger partial charge is 0.328 e. The lowest BCUT2D eigenvalue weighted by Crippen LogP contribution is -2.25. The van der Waals surface area contributed by atoms with Gasteiger partial charge in [0.05, 0.1) is 17.4 Å². The van der Waals surface area contributed by atoms with E-state index in [1.54, 1.807) is 42.7 Å². The number of hydrogen-bond acceptors (Lipinski definition) is 4. The molecule has 2 aromatic heterocycles. The zero-order valence-electron chi connectivity index (χ0n) is 10.8. The second-order valence-electron chi connectivity index (χ2n) is 4.17. The highest BCUT2D eigenvalue weighted by Gasteiger charge is 2.14. The molecule has 1 amide bonds. The summed E-state index contributed by atoms with van der Waals surface area (Å²) < 4.78 is 4.96. The maximum Gasteiger partial charge on any atom is 0.328 e. The van der Waals surface area contributed by atoms with Crippen LogP contribution in [0.4, 0.5) is 0 Å². The zero-order chi connectivity index (χ0) is 14.5. The van der Waals surface area contributed by atoms with E-state index in [-0.39, 0.29) is 5.91 Å². The first kappa shape index (κ1) is 14.1. The second kappa shape index (κ2) is 6.21. The highest BCUT2D eigenvalue weighted by atomic mass is 32.1. The predicted molar refractivity (Wildman–Crippen MR) is 75.5 cm³/mol. The van der Waals surface area contributed by atoms with Crippen molar-refractivity contribution in [2.45, 2.75) is 6.54 Å². The SMILES string of the molecule is CN(Cc1ccoc1)C(=O)c1ccc(C=CC(=O)O)s1. The second-order valence-corrected chi connectivity index (χ2v) is 5.28. The fraction of sp³-hybridized carbons (Fsp3) is 0.143. The average molecular weight is 291 g/mol. The monoisotopic (exact) mass is 291 g/mol. The van der Waals surface area contributed by atoms with E-state index in [0.717, 1.165) is 16.5 Å². The van der Waals surface area contributed by atoms with Gasteiger partial charge in [-0.15, -0.1) is 11.3 Å². The molecular formula is C14H13NO4S. The molecule has 104 valence electrons. The number of furan rings is 1. The molecule has 0 aromatic carbocycles. The molecule has 0 fully saturated rings. The van der Waals surface area contributed by atoms with E-state index in [9.17, 15) is 9.59 Å². The number of rotatable bonds is 5. The summed E-state index contributed by atoms with van der Waals surface area (Å²) in [6.07, 6.45) is 5.68. The Balaban J connectivity index is 2.03. The molecule has 20 heavy (non-hydrogen) atoms. The molecule has 0 saturated heterocycles. The highest BCUT2D eigenvalue weighted by molar-refractivity contribution is 7.14. The first-order valence-corrected chi connectivity index (χ1v) is 6.65. The summed E-state index contributed by atoms with van der Waals surface area (Å²) in [6.45, 7) is 0.466.